The van der Waals surface area contributed by atoms with E-state index in [0.717, 1.165) is 44.2 Å². The third-order valence-electron chi connectivity index (χ3n) is 3.56. The number of guanidine groups is 1. The summed E-state index contributed by atoms with van der Waals surface area (Å²) in [7, 11) is 0. The van der Waals surface area contributed by atoms with Crippen molar-refractivity contribution in [3.63, 3.8) is 0 Å². The monoisotopic (exact) mass is 374 g/mol. The minimum absolute atomic E-state index is 0.303. The molecule has 2 N–H and O–H groups in total. The van der Waals surface area contributed by atoms with Gasteiger partial charge in [-0.25, -0.2) is 14.4 Å². The summed E-state index contributed by atoms with van der Waals surface area (Å²) >= 11 is 0. The quantitative estimate of drug-likeness (QED) is 0.379. The number of ether oxygens (including phenoxy) is 2. The highest BCUT2D eigenvalue weighted by molar-refractivity contribution is 5.79. The number of hydrogen-bond acceptors (Lipinski definition) is 4. The second kappa shape index (κ2) is 11.9. The average molecular weight is 374 g/mol. The molecular weight excluding hydrogens is 347 g/mol. The Kier molecular flexibility index (Phi) is 9.06. The first-order chi connectivity index (χ1) is 13.2. The molecule has 0 spiro atoms. The molecule has 2 aromatic rings. The molecule has 0 amide bonds. The van der Waals surface area contributed by atoms with Crippen LogP contribution in [0.5, 0.6) is 11.6 Å². The molecule has 6 nitrogen and oxygen atoms in total. The molecule has 2 rings (SSSR count). The lowest BCUT2D eigenvalue weighted by molar-refractivity contribution is 0.145. The van der Waals surface area contributed by atoms with Gasteiger partial charge in [0.2, 0.25) is 5.88 Å². The van der Waals surface area contributed by atoms with Gasteiger partial charge < -0.3 is 20.1 Å². The van der Waals surface area contributed by atoms with Gasteiger partial charge in [-0.05, 0) is 56.2 Å². The summed E-state index contributed by atoms with van der Waals surface area (Å²) in [6.45, 7) is 7.55. The molecule has 0 radical (unpaired) electrons. The van der Waals surface area contributed by atoms with Crippen LogP contribution in [0.2, 0.25) is 0 Å². The van der Waals surface area contributed by atoms with E-state index >= 15 is 0 Å². The molecule has 7 heteroatoms. The van der Waals surface area contributed by atoms with E-state index in [1.807, 2.05) is 26.0 Å². The Hall–Kier alpha value is -2.67. The number of rotatable bonds is 10. The molecule has 0 aliphatic heterocycles. The van der Waals surface area contributed by atoms with E-state index in [1.54, 1.807) is 18.3 Å². The minimum Gasteiger partial charge on any atom is -0.439 e. The molecule has 0 bridgehead atoms. The number of nitrogens with zero attached hydrogens (tertiary/aromatic N) is 2. The normalized spacial score (nSPS) is 11.3. The van der Waals surface area contributed by atoms with Gasteiger partial charge in [-0.15, -0.1) is 0 Å². The lowest BCUT2D eigenvalue weighted by Crippen LogP contribution is -2.38. The van der Waals surface area contributed by atoms with Crippen LogP contribution >= 0.6 is 0 Å². The third-order valence-corrected chi connectivity index (χ3v) is 3.56. The van der Waals surface area contributed by atoms with Crippen molar-refractivity contribution in [1.82, 2.24) is 15.6 Å². The van der Waals surface area contributed by atoms with Gasteiger partial charge in [0.1, 0.15) is 11.6 Å². The van der Waals surface area contributed by atoms with Crippen molar-refractivity contribution in [2.75, 3.05) is 26.3 Å². The summed E-state index contributed by atoms with van der Waals surface area (Å²) in [5.41, 5.74) is 0.966. The second-order valence-corrected chi connectivity index (χ2v) is 5.73. The Morgan fingerprint density at radius 2 is 1.96 bits per heavy atom. The van der Waals surface area contributed by atoms with Gasteiger partial charge in [0, 0.05) is 38.6 Å². The maximum atomic E-state index is 13.0. The van der Waals surface area contributed by atoms with Crippen LogP contribution in [0.4, 0.5) is 4.39 Å². The van der Waals surface area contributed by atoms with Crippen LogP contribution in [0.1, 0.15) is 25.8 Å². The number of nitrogens with one attached hydrogen (secondary N) is 2. The number of benzene rings is 1. The largest absolute Gasteiger partial charge is 0.439 e. The first-order valence-electron chi connectivity index (χ1n) is 9.19. The van der Waals surface area contributed by atoms with Crippen molar-refractivity contribution in [1.29, 1.82) is 0 Å². The van der Waals surface area contributed by atoms with E-state index in [2.05, 4.69) is 20.6 Å². The highest BCUT2D eigenvalue weighted by Crippen LogP contribution is 2.20. The van der Waals surface area contributed by atoms with Crippen LogP contribution in [0.25, 0.3) is 0 Å². The van der Waals surface area contributed by atoms with Crippen molar-refractivity contribution >= 4 is 5.96 Å². The van der Waals surface area contributed by atoms with Gasteiger partial charge in [-0.3, -0.25) is 0 Å². The maximum Gasteiger partial charge on any atom is 0.219 e. The summed E-state index contributed by atoms with van der Waals surface area (Å²) < 4.78 is 24.0. The Bertz CT molecular complexity index is 707. The predicted octanol–water partition coefficient (Wildman–Crippen LogP) is 3.49. The predicted molar refractivity (Wildman–Crippen MR) is 105 cm³/mol. The van der Waals surface area contributed by atoms with E-state index in [0.29, 0.717) is 18.2 Å². The Labute approximate surface area is 159 Å². The van der Waals surface area contributed by atoms with E-state index in [1.165, 1.54) is 12.1 Å². The number of pyridine rings is 1. The second-order valence-electron chi connectivity index (χ2n) is 5.73. The zero-order chi connectivity index (χ0) is 19.3. The molecule has 0 unspecified atom stereocenters. The smallest absolute Gasteiger partial charge is 0.219 e. The number of halogens is 1. The van der Waals surface area contributed by atoms with E-state index in [9.17, 15) is 4.39 Å². The Morgan fingerprint density at radius 1 is 1.15 bits per heavy atom. The first kappa shape index (κ1) is 20.6. The van der Waals surface area contributed by atoms with Crippen LogP contribution in [-0.4, -0.2) is 37.2 Å². The summed E-state index contributed by atoms with van der Waals surface area (Å²) in [4.78, 5) is 8.77. The lowest BCUT2D eigenvalue weighted by Gasteiger charge is -2.11. The van der Waals surface area contributed by atoms with Crippen molar-refractivity contribution in [3.05, 3.63) is 54.0 Å². The summed E-state index contributed by atoms with van der Waals surface area (Å²) in [6.07, 6.45) is 2.59. The fraction of sp³-hybridized carbons (Fsp3) is 0.400. The molecule has 1 aromatic carbocycles. The number of aliphatic imine (C=N–C) groups is 1. The highest BCUT2D eigenvalue weighted by atomic mass is 19.1. The van der Waals surface area contributed by atoms with Crippen LogP contribution in [-0.2, 0) is 11.3 Å². The van der Waals surface area contributed by atoms with Gasteiger partial charge in [0.25, 0.3) is 0 Å². The Balaban J connectivity index is 1.91. The van der Waals surface area contributed by atoms with E-state index in [4.69, 9.17) is 9.47 Å². The molecule has 0 saturated heterocycles. The van der Waals surface area contributed by atoms with Gasteiger partial charge in [-0.2, -0.15) is 0 Å². The standard InChI is InChI=1S/C20H27FN4O2/c1-3-22-20(24-11-5-13-26-4-2)25-15-16-10-12-23-19(14-16)27-18-8-6-17(21)7-9-18/h6-10,12,14H,3-5,11,13,15H2,1-2H3,(H2,22,24,25). The topological polar surface area (TPSA) is 67.8 Å². The summed E-state index contributed by atoms with van der Waals surface area (Å²) in [5, 5.41) is 6.51. The van der Waals surface area contributed by atoms with E-state index in [-0.39, 0.29) is 5.82 Å². The molecule has 0 fully saturated rings. The van der Waals surface area contributed by atoms with Gasteiger partial charge in [0.15, 0.2) is 5.96 Å². The van der Waals surface area contributed by atoms with Gasteiger partial charge in [0.05, 0.1) is 6.54 Å². The fourth-order valence-electron chi connectivity index (χ4n) is 2.27. The van der Waals surface area contributed by atoms with Crippen molar-refractivity contribution in [3.8, 4) is 11.6 Å². The molecule has 0 aliphatic rings. The average Bonchev–Trinajstić information content (AvgIpc) is 2.68. The van der Waals surface area contributed by atoms with Crippen molar-refractivity contribution in [2.24, 2.45) is 4.99 Å². The zero-order valence-corrected chi connectivity index (χ0v) is 15.9. The summed E-state index contributed by atoms with van der Waals surface area (Å²) in [5.74, 6) is 1.44. The number of aromatic nitrogens is 1. The van der Waals surface area contributed by atoms with E-state index < -0.39 is 0 Å². The first-order valence-corrected chi connectivity index (χ1v) is 9.19. The molecule has 0 atom stereocenters. The third kappa shape index (κ3) is 8.04. The Morgan fingerprint density at radius 3 is 2.70 bits per heavy atom. The van der Waals surface area contributed by atoms with Crippen molar-refractivity contribution < 1.29 is 13.9 Å². The lowest BCUT2D eigenvalue weighted by atomic mass is 10.2. The molecule has 0 aliphatic carbocycles. The summed E-state index contributed by atoms with van der Waals surface area (Å²) in [6, 6.07) is 9.55. The number of hydrogen-bond donors (Lipinski definition) is 2. The van der Waals surface area contributed by atoms with Crippen LogP contribution < -0.4 is 15.4 Å². The highest BCUT2D eigenvalue weighted by Gasteiger charge is 2.02. The van der Waals surface area contributed by atoms with Crippen LogP contribution in [0, 0.1) is 5.82 Å². The fourth-order valence-corrected chi connectivity index (χ4v) is 2.27. The van der Waals surface area contributed by atoms with Gasteiger partial charge >= 0.3 is 0 Å². The molecular formula is C20H27FN4O2. The molecule has 146 valence electrons. The minimum atomic E-state index is -0.303. The molecule has 1 aromatic heterocycles. The molecule has 0 saturated carbocycles. The zero-order valence-electron chi connectivity index (χ0n) is 15.9. The molecule has 1 heterocycles. The van der Waals surface area contributed by atoms with Crippen molar-refractivity contribution in [2.45, 2.75) is 26.8 Å². The van der Waals surface area contributed by atoms with Crippen LogP contribution in [0.15, 0.2) is 47.6 Å². The maximum absolute atomic E-state index is 13.0. The SMILES string of the molecule is CCNC(=NCc1ccnc(Oc2ccc(F)cc2)c1)NCCCOCC. The molecule has 27 heavy (non-hydrogen) atoms. The van der Waals surface area contributed by atoms with Crippen LogP contribution in [0.3, 0.4) is 0 Å². The van der Waals surface area contributed by atoms with Gasteiger partial charge in [-0.1, -0.05) is 0 Å².